The molecule has 1 fully saturated rings. The molecule has 0 saturated carbocycles. The quantitative estimate of drug-likeness (QED) is 0.532. The summed E-state index contributed by atoms with van der Waals surface area (Å²) in [7, 11) is 1.35. The molecule has 7 heteroatoms. The van der Waals surface area contributed by atoms with Crippen LogP contribution in [0.25, 0.3) is 0 Å². The Morgan fingerprint density at radius 1 is 1.21 bits per heavy atom. The molecule has 1 aliphatic heterocycles. The third-order valence-electron chi connectivity index (χ3n) is 3.28. The standard InChI is InChI=1S/C12H20N2O5/c1-9(12(17)18)11(16)14-7-5-13(6-8-14)4-3-10(15)19-2/h9H,3-8H2,1-2H3,(H,17,18). The molecule has 0 bridgehead atoms. The minimum Gasteiger partial charge on any atom is -0.481 e. The summed E-state index contributed by atoms with van der Waals surface area (Å²) in [5.74, 6) is -2.70. The van der Waals surface area contributed by atoms with Crippen molar-refractivity contribution >= 4 is 17.8 Å². The summed E-state index contributed by atoms with van der Waals surface area (Å²) in [6.07, 6.45) is 0.329. The Balaban J connectivity index is 2.34. The van der Waals surface area contributed by atoms with Crippen LogP contribution < -0.4 is 0 Å². The zero-order chi connectivity index (χ0) is 14.4. The first-order valence-corrected chi connectivity index (χ1v) is 6.26. The van der Waals surface area contributed by atoms with E-state index in [1.165, 1.54) is 14.0 Å². The Hall–Kier alpha value is -1.63. The second kappa shape index (κ2) is 7.08. The summed E-state index contributed by atoms with van der Waals surface area (Å²) >= 11 is 0. The van der Waals surface area contributed by atoms with Crippen molar-refractivity contribution in [2.75, 3.05) is 39.8 Å². The molecule has 0 aromatic rings. The molecule has 0 spiro atoms. The fraction of sp³-hybridized carbons (Fsp3) is 0.750. The van der Waals surface area contributed by atoms with Gasteiger partial charge in [0.25, 0.3) is 0 Å². The van der Waals surface area contributed by atoms with Crippen molar-refractivity contribution < 1.29 is 24.2 Å². The lowest BCUT2D eigenvalue weighted by Crippen LogP contribution is -2.51. The van der Waals surface area contributed by atoms with Crippen LogP contribution >= 0.6 is 0 Å². The molecule has 19 heavy (non-hydrogen) atoms. The van der Waals surface area contributed by atoms with Crippen LogP contribution in [0.1, 0.15) is 13.3 Å². The minimum absolute atomic E-state index is 0.252. The van der Waals surface area contributed by atoms with Crippen LogP contribution in [-0.4, -0.2) is 72.6 Å². The number of hydrogen-bond donors (Lipinski definition) is 1. The molecule has 1 N–H and O–H groups in total. The van der Waals surface area contributed by atoms with E-state index in [0.717, 1.165) is 0 Å². The van der Waals surface area contributed by atoms with Crippen molar-refractivity contribution in [1.29, 1.82) is 0 Å². The lowest BCUT2D eigenvalue weighted by Gasteiger charge is -2.35. The lowest BCUT2D eigenvalue weighted by molar-refractivity contribution is -0.151. The molecule has 0 radical (unpaired) electrons. The minimum atomic E-state index is -1.10. The van der Waals surface area contributed by atoms with Crippen LogP contribution in [0.3, 0.4) is 0 Å². The fourth-order valence-corrected chi connectivity index (χ4v) is 1.92. The number of carbonyl (C=O) groups is 3. The number of esters is 1. The second-order valence-corrected chi connectivity index (χ2v) is 4.55. The smallest absolute Gasteiger partial charge is 0.315 e. The lowest BCUT2D eigenvalue weighted by atomic mass is 10.1. The summed E-state index contributed by atoms with van der Waals surface area (Å²) in [5, 5.41) is 8.80. The summed E-state index contributed by atoms with van der Waals surface area (Å²) in [6.45, 7) is 4.29. The summed E-state index contributed by atoms with van der Waals surface area (Å²) in [6, 6.07) is 0. The van der Waals surface area contributed by atoms with Gasteiger partial charge < -0.3 is 14.7 Å². The number of carboxylic acid groups (broad SMARTS) is 1. The first-order valence-electron chi connectivity index (χ1n) is 6.26. The van der Waals surface area contributed by atoms with Gasteiger partial charge in [0.2, 0.25) is 5.91 Å². The Bertz CT molecular complexity index is 350. The normalized spacial score (nSPS) is 17.9. The van der Waals surface area contributed by atoms with Crippen molar-refractivity contribution in [3.63, 3.8) is 0 Å². The number of methoxy groups -OCH3 is 1. The van der Waals surface area contributed by atoms with E-state index in [1.54, 1.807) is 4.90 Å². The highest BCUT2D eigenvalue weighted by Crippen LogP contribution is 2.08. The Kier molecular flexibility index (Phi) is 5.75. The van der Waals surface area contributed by atoms with Gasteiger partial charge in [0.15, 0.2) is 0 Å². The molecule has 1 amide bonds. The molecule has 1 atom stereocenters. The van der Waals surface area contributed by atoms with Gasteiger partial charge in [-0.15, -0.1) is 0 Å². The molecule has 1 aliphatic rings. The molecule has 0 aliphatic carbocycles. The van der Waals surface area contributed by atoms with E-state index < -0.39 is 11.9 Å². The van der Waals surface area contributed by atoms with Gasteiger partial charge in [0.1, 0.15) is 5.92 Å². The van der Waals surface area contributed by atoms with Crippen molar-refractivity contribution in [2.45, 2.75) is 13.3 Å². The van der Waals surface area contributed by atoms with Gasteiger partial charge in [-0.2, -0.15) is 0 Å². The number of piperazine rings is 1. The van der Waals surface area contributed by atoms with Crippen LogP contribution in [0.5, 0.6) is 0 Å². The second-order valence-electron chi connectivity index (χ2n) is 4.55. The van der Waals surface area contributed by atoms with Gasteiger partial charge >= 0.3 is 11.9 Å². The zero-order valence-electron chi connectivity index (χ0n) is 11.3. The van der Waals surface area contributed by atoms with E-state index in [0.29, 0.717) is 39.1 Å². The number of carbonyl (C=O) groups excluding carboxylic acids is 2. The maximum absolute atomic E-state index is 11.8. The monoisotopic (exact) mass is 272 g/mol. The predicted octanol–water partition coefficient (Wildman–Crippen LogP) is -0.586. The maximum atomic E-state index is 11.8. The highest BCUT2D eigenvalue weighted by molar-refractivity contribution is 5.96. The molecule has 1 unspecified atom stereocenters. The molecule has 108 valence electrons. The van der Waals surface area contributed by atoms with Gasteiger partial charge in [-0.05, 0) is 6.92 Å². The van der Waals surface area contributed by atoms with Crippen LogP contribution in [0.4, 0.5) is 0 Å². The van der Waals surface area contributed by atoms with Gasteiger partial charge in [-0.3, -0.25) is 19.3 Å². The van der Waals surface area contributed by atoms with Crippen molar-refractivity contribution in [2.24, 2.45) is 5.92 Å². The predicted molar refractivity (Wildman–Crippen MR) is 66.5 cm³/mol. The number of aliphatic carboxylic acids is 1. The highest BCUT2D eigenvalue weighted by Gasteiger charge is 2.28. The average Bonchev–Trinajstić information content (AvgIpc) is 2.43. The van der Waals surface area contributed by atoms with E-state index in [1.807, 2.05) is 0 Å². The summed E-state index contributed by atoms with van der Waals surface area (Å²) < 4.78 is 4.56. The molecular weight excluding hydrogens is 252 g/mol. The third kappa shape index (κ3) is 4.51. The Labute approximate surface area is 112 Å². The van der Waals surface area contributed by atoms with Gasteiger partial charge in [-0.1, -0.05) is 0 Å². The molecule has 1 saturated heterocycles. The number of amides is 1. The molecule has 0 aromatic carbocycles. The van der Waals surface area contributed by atoms with Crippen molar-refractivity contribution in [3.8, 4) is 0 Å². The van der Waals surface area contributed by atoms with E-state index in [9.17, 15) is 14.4 Å². The number of rotatable bonds is 5. The maximum Gasteiger partial charge on any atom is 0.315 e. The average molecular weight is 272 g/mol. The van der Waals surface area contributed by atoms with Gasteiger partial charge in [0.05, 0.1) is 13.5 Å². The Morgan fingerprint density at radius 2 is 1.79 bits per heavy atom. The topological polar surface area (TPSA) is 87.2 Å². The largest absolute Gasteiger partial charge is 0.481 e. The highest BCUT2D eigenvalue weighted by atomic mass is 16.5. The zero-order valence-corrected chi connectivity index (χ0v) is 11.3. The first kappa shape index (κ1) is 15.4. The van der Waals surface area contributed by atoms with Gasteiger partial charge in [-0.25, -0.2) is 0 Å². The van der Waals surface area contributed by atoms with Gasteiger partial charge in [0, 0.05) is 32.7 Å². The molecule has 1 heterocycles. The van der Waals surface area contributed by atoms with E-state index >= 15 is 0 Å². The fourth-order valence-electron chi connectivity index (χ4n) is 1.92. The number of carboxylic acids is 1. The number of ether oxygens (including phenoxy) is 1. The first-order chi connectivity index (χ1) is 8.95. The molecule has 1 rings (SSSR count). The van der Waals surface area contributed by atoms with E-state index in [4.69, 9.17) is 5.11 Å². The van der Waals surface area contributed by atoms with Crippen LogP contribution in [0.2, 0.25) is 0 Å². The SMILES string of the molecule is COC(=O)CCN1CCN(C(=O)C(C)C(=O)O)CC1. The van der Waals surface area contributed by atoms with Crippen molar-refractivity contribution in [1.82, 2.24) is 9.80 Å². The molecule has 0 aromatic heterocycles. The molecule has 7 nitrogen and oxygen atoms in total. The van der Waals surface area contributed by atoms with Crippen LogP contribution in [0, 0.1) is 5.92 Å². The van der Waals surface area contributed by atoms with E-state index in [2.05, 4.69) is 9.64 Å². The third-order valence-corrected chi connectivity index (χ3v) is 3.28. The van der Waals surface area contributed by atoms with Crippen LogP contribution in [-0.2, 0) is 19.1 Å². The summed E-state index contributed by atoms with van der Waals surface area (Å²) in [5.41, 5.74) is 0. The number of nitrogens with zero attached hydrogens (tertiary/aromatic N) is 2. The van der Waals surface area contributed by atoms with Crippen LogP contribution in [0.15, 0.2) is 0 Å². The molecular formula is C12H20N2O5. The van der Waals surface area contributed by atoms with E-state index in [-0.39, 0.29) is 11.9 Å². The van der Waals surface area contributed by atoms with Crippen molar-refractivity contribution in [3.05, 3.63) is 0 Å². The Morgan fingerprint density at radius 3 is 2.26 bits per heavy atom. The summed E-state index contributed by atoms with van der Waals surface area (Å²) in [4.78, 5) is 37.2. The number of hydrogen-bond acceptors (Lipinski definition) is 5.